The quantitative estimate of drug-likeness (QED) is 0.401. The van der Waals surface area contributed by atoms with Crippen molar-refractivity contribution in [2.75, 3.05) is 40.1 Å². The van der Waals surface area contributed by atoms with Gasteiger partial charge in [-0.1, -0.05) is 0 Å². The van der Waals surface area contributed by atoms with Crippen molar-refractivity contribution in [1.82, 2.24) is 0 Å². The first kappa shape index (κ1) is 14.4. The first-order valence-corrected chi connectivity index (χ1v) is 3.56. The number of hydrogen-bond donors (Lipinski definition) is 0. The molecular formula is C7H17NaO3. The molecule has 0 radical (unpaired) electrons. The van der Waals surface area contributed by atoms with Gasteiger partial charge in [0.25, 0.3) is 0 Å². The maximum atomic E-state index is 5.13. The normalized spacial score (nSPS) is 9.27. The second kappa shape index (κ2) is 13.5. The molecule has 0 amide bonds. The average molecular weight is 172 g/mol. The van der Waals surface area contributed by atoms with E-state index in [0.29, 0.717) is 26.4 Å². The summed E-state index contributed by atoms with van der Waals surface area (Å²) in [5.74, 6) is 0. The Labute approximate surface area is 90.7 Å². The molecule has 0 fully saturated rings. The molecular weight excluding hydrogens is 155 g/mol. The molecule has 0 heterocycles. The molecule has 0 aromatic carbocycles. The molecule has 64 valence electrons. The van der Waals surface area contributed by atoms with Crippen LogP contribution in [-0.2, 0) is 14.2 Å². The van der Waals surface area contributed by atoms with Gasteiger partial charge in [0.05, 0.1) is 26.4 Å². The van der Waals surface area contributed by atoms with Crippen LogP contribution in [0.25, 0.3) is 0 Å². The van der Waals surface area contributed by atoms with Gasteiger partial charge >= 0.3 is 29.6 Å². The summed E-state index contributed by atoms with van der Waals surface area (Å²) in [6.07, 6.45) is 0. The third-order valence-electron chi connectivity index (χ3n) is 1.01. The van der Waals surface area contributed by atoms with E-state index in [0.717, 1.165) is 6.61 Å². The minimum atomic E-state index is 0. The van der Waals surface area contributed by atoms with Gasteiger partial charge in [0.1, 0.15) is 0 Å². The molecule has 0 saturated carbocycles. The number of hydrogen-bond acceptors (Lipinski definition) is 3. The third kappa shape index (κ3) is 13.8. The monoisotopic (exact) mass is 172 g/mol. The van der Waals surface area contributed by atoms with Crippen LogP contribution in [0.2, 0.25) is 0 Å². The Morgan fingerprint density at radius 1 is 0.909 bits per heavy atom. The molecule has 0 aromatic heterocycles. The molecule has 4 heteroatoms. The van der Waals surface area contributed by atoms with Crippen molar-refractivity contribution in [3.05, 3.63) is 0 Å². The standard InChI is InChI=1S/C7H16O3.Na.H/c1-3-9-6-7-10-5-4-8-2;;/h3-7H2,1-2H3;;. The predicted octanol–water partition coefficient (Wildman–Crippen LogP) is 0.0374. The molecule has 0 N–H and O–H groups in total. The topological polar surface area (TPSA) is 27.7 Å². The van der Waals surface area contributed by atoms with E-state index in [1.165, 1.54) is 0 Å². The average Bonchev–Trinajstić information content (AvgIpc) is 1.97. The van der Waals surface area contributed by atoms with E-state index < -0.39 is 0 Å². The first-order valence-electron chi connectivity index (χ1n) is 3.56. The van der Waals surface area contributed by atoms with Gasteiger partial charge in [-0.3, -0.25) is 0 Å². The SMILES string of the molecule is CCOCCOCCOC.[NaH]. The van der Waals surface area contributed by atoms with Crippen LogP contribution in [0.4, 0.5) is 0 Å². The predicted molar refractivity (Wildman–Crippen MR) is 46.3 cm³/mol. The van der Waals surface area contributed by atoms with Crippen molar-refractivity contribution in [3.8, 4) is 0 Å². The van der Waals surface area contributed by atoms with Crippen molar-refractivity contribution >= 4 is 29.6 Å². The van der Waals surface area contributed by atoms with Gasteiger partial charge in [-0.2, -0.15) is 0 Å². The van der Waals surface area contributed by atoms with Crippen LogP contribution in [-0.4, -0.2) is 69.7 Å². The van der Waals surface area contributed by atoms with E-state index in [2.05, 4.69) is 0 Å². The van der Waals surface area contributed by atoms with Crippen molar-refractivity contribution in [2.45, 2.75) is 6.92 Å². The fourth-order valence-electron chi connectivity index (χ4n) is 0.507. The van der Waals surface area contributed by atoms with Crippen LogP contribution >= 0.6 is 0 Å². The zero-order valence-corrected chi connectivity index (χ0v) is 6.76. The molecule has 0 aliphatic carbocycles. The van der Waals surface area contributed by atoms with E-state index >= 15 is 0 Å². The summed E-state index contributed by atoms with van der Waals surface area (Å²) >= 11 is 0. The second-order valence-corrected chi connectivity index (χ2v) is 1.80. The summed E-state index contributed by atoms with van der Waals surface area (Å²) < 4.78 is 15.0. The van der Waals surface area contributed by atoms with Gasteiger partial charge in [-0.05, 0) is 6.92 Å². The Morgan fingerprint density at radius 2 is 1.45 bits per heavy atom. The van der Waals surface area contributed by atoms with Crippen LogP contribution in [0.5, 0.6) is 0 Å². The number of rotatable bonds is 7. The Hall–Kier alpha value is 0.880. The van der Waals surface area contributed by atoms with E-state index in [1.54, 1.807) is 7.11 Å². The Morgan fingerprint density at radius 3 is 2.00 bits per heavy atom. The molecule has 11 heavy (non-hydrogen) atoms. The molecule has 0 unspecified atom stereocenters. The minimum absolute atomic E-state index is 0. The van der Waals surface area contributed by atoms with Gasteiger partial charge < -0.3 is 14.2 Å². The zero-order valence-electron chi connectivity index (χ0n) is 6.76. The number of ether oxygens (including phenoxy) is 3. The number of methoxy groups -OCH3 is 1. The summed E-state index contributed by atoms with van der Waals surface area (Å²) in [6, 6.07) is 0. The Balaban J connectivity index is 0. The Bertz CT molecular complexity index is 53.6. The van der Waals surface area contributed by atoms with Crippen LogP contribution in [0.15, 0.2) is 0 Å². The second-order valence-electron chi connectivity index (χ2n) is 1.80. The molecule has 0 atom stereocenters. The first-order chi connectivity index (χ1) is 4.91. The summed E-state index contributed by atoms with van der Waals surface area (Å²) in [6.45, 7) is 5.38. The molecule has 0 aliphatic heterocycles. The molecule has 0 bridgehead atoms. The maximum absolute atomic E-state index is 5.13. The molecule has 0 aromatic rings. The van der Waals surface area contributed by atoms with Gasteiger partial charge in [0, 0.05) is 13.7 Å². The fraction of sp³-hybridized carbons (Fsp3) is 1.00. The van der Waals surface area contributed by atoms with Crippen LogP contribution in [0.1, 0.15) is 6.92 Å². The van der Waals surface area contributed by atoms with Gasteiger partial charge in [0.2, 0.25) is 0 Å². The van der Waals surface area contributed by atoms with Gasteiger partial charge in [-0.25, -0.2) is 0 Å². The van der Waals surface area contributed by atoms with Gasteiger partial charge in [-0.15, -0.1) is 0 Å². The summed E-state index contributed by atoms with van der Waals surface area (Å²) in [4.78, 5) is 0. The molecule has 0 spiro atoms. The van der Waals surface area contributed by atoms with Crippen molar-refractivity contribution in [1.29, 1.82) is 0 Å². The van der Waals surface area contributed by atoms with Gasteiger partial charge in [0.15, 0.2) is 0 Å². The molecule has 0 saturated heterocycles. The molecule has 3 nitrogen and oxygen atoms in total. The molecule has 0 aliphatic rings. The van der Waals surface area contributed by atoms with E-state index in [9.17, 15) is 0 Å². The van der Waals surface area contributed by atoms with Crippen LogP contribution in [0.3, 0.4) is 0 Å². The Kier molecular flexibility index (Phi) is 17.6. The summed E-state index contributed by atoms with van der Waals surface area (Å²) in [5, 5.41) is 0. The van der Waals surface area contributed by atoms with Crippen LogP contribution in [0, 0.1) is 0 Å². The summed E-state index contributed by atoms with van der Waals surface area (Å²) in [5.41, 5.74) is 0. The van der Waals surface area contributed by atoms with E-state index in [1.807, 2.05) is 6.92 Å². The van der Waals surface area contributed by atoms with E-state index in [4.69, 9.17) is 14.2 Å². The molecule has 0 rings (SSSR count). The third-order valence-corrected chi connectivity index (χ3v) is 1.01. The summed E-state index contributed by atoms with van der Waals surface area (Å²) in [7, 11) is 1.66. The van der Waals surface area contributed by atoms with Crippen molar-refractivity contribution < 1.29 is 14.2 Å². The van der Waals surface area contributed by atoms with E-state index in [-0.39, 0.29) is 29.6 Å². The van der Waals surface area contributed by atoms with Crippen molar-refractivity contribution in [3.63, 3.8) is 0 Å². The van der Waals surface area contributed by atoms with Crippen LogP contribution < -0.4 is 0 Å². The van der Waals surface area contributed by atoms with Crippen molar-refractivity contribution in [2.24, 2.45) is 0 Å². The zero-order chi connectivity index (χ0) is 7.66. The fourth-order valence-corrected chi connectivity index (χ4v) is 0.507.